The van der Waals surface area contributed by atoms with E-state index in [9.17, 15) is 14.9 Å². The Balaban J connectivity index is 3.59. The fraction of sp³-hybridized carbons (Fsp3) is 0.200. The minimum atomic E-state index is -0.960. The lowest BCUT2D eigenvalue weighted by molar-refractivity contribution is -0.385. The summed E-state index contributed by atoms with van der Waals surface area (Å²) in [7, 11) is 1.06. The molecule has 0 aliphatic heterocycles. The van der Waals surface area contributed by atoms with Crippen molar-refractivity contribution in [3.8, 4) is 6.07 Å². The van der Waals surface area contributed by atoms with Gasteiger partial charge in [0.05, 0.1) is 24.2 Å². The van der Waals surface area contributed by atoms with E-state index in [2.05, 4.69) is 4.74 Å². The lowest BCUT2D eigenvalue weighted by atomic mass is 10.0. The molecule has 0 saturated carbocycles. The van der Waals surface area contributed by atoms with Crippen LogP contribution < -0.4 is 0 Å². The minimum Gasteiger partial charge on any atom is -0.465 e. The number of carbonyl (C=O) groups excluding carboxylic acids is 1. The fourth-order valence-electron chi connectivity index (χ4n) is 1.33. The van der Waals surface area contributed by atoms with Crippen molar-refractivity contribution in [2.24, 2.45) is 0 Å². The van der Waals surface area contributed by atoms with Crippen LogP contribution in [-0.2, 0) is 11.3 Å². The molecular weight excluding hydrogens is 228 g/mol. The molecule has 0 spiro atoms. The van der Waals surface area contributed by atoms with Gasteiger partial charge in [0.1, 0.15) is 6.07 Å². The van der Waals surface area contributed by atoms with Gasteiger partial charge in [-0.25, -0.2) is 4.79 Å². The maximum absolute atomic E-state index is 11.4. The Kier molecular flexibility index (Phi) is 3.74. The van der Waals surface area contributed by atoms with Crippen LogP contribution in [0.25, 0.3) is 0 Å². The third kappa shape index (κ3) is 2.38. The zero-order chi connectivity index (χ0) is 13.0. The van der Waals surface area contributed by atoms with Crippen molar-refractivity contribution in [2.45, 2.75) is 6.61 Å². The molecule has 1 N–H and O–H groups in total. The topological polar surface area (TPSA) is 113 Å². The summed E-state index contributed by atoms with van der Waals surface area (Å²) in [5.41, 5.74) is -0.979. The van der Waals surface area contributed by atoms with E-state index in [1.54, 1.807) is 6.07 Å². The van der Waals surface area contributed by atoms with Gasteiger partial charge in [0.2, 0.25) is 0 Å². The monoisotopic (exact) mass is 236 g/mol. The summed E-state index contributed by atoms with van der Waals surface area (Å²) in [4.78, 5) is 21.4. The number of esters is 1. The lowest BCUT2D eigenvalue weighted by Crippen LogP contribution is -2.09. The number of hydrogen-bond acceptors (Lipinski definition) is 6. The number of methoxy groups -OCH3 is 1. The zero-order valence-electron chi connectivity index (χ0n) is 8.84. The fourth-order valence-corrected chi connectivity index (χ4v) is 1.33. The number of benzene rings is 1. The maximum atomic E-state index is 11.4. The number of aliphatic hydroxyl groups is 1. The molecule has 0 saturated heterocycles. The molecule has 7 heteroatoms. The Bertz CT molecular complexity index is 518. The van der Waals surface area contributed by atoms with Crippen LogP contribution in [0.5, 0.6) is 0 Å². The van der Waals surface area contributed by atoms with Crippen molar-refractivity contribution < 1.29 is 19.6 Å². The highest BCUT2D eigenvalue weighted by Crippen LogP contribution is 2.25. The lowest BCUT2D eigenvalue weighted by Gasteiger charge is -2.05. The maximum Gasteiger partial charge on any atom is 0.346 e. The smallest absolute Gasteiger partial charge is 0.346 e. The third-order valence-corrected chi connectivity index (χ3v) is 2.07. The van der Waals surface area contributed by atoms with Gasteiger partial charge in [0, 0.05) is 6.07 Å². The average Bonchev–Trinajstić information content (AvgIpc) is 2.35. The van der Waals surface area contributed by atoms with E-state index in [0.29, 0.717) is 0 Å². The highest BCUT2D eigenvalue weighted by atomic mass is 16.6. The number of carbonyl (C=O) groups is 1. The van der Waals surface area contributed by atoms with E-state index in [1.165, 1.54) is 6.07 Å². The summed E-state index contributed by atoms with van der Waals surface area (Å²) in [6.45, 7) is -0.461. The predicted octanol–water partition coefficient (Wildman–Crippen LogP) is 0.745. The van der Waals surface area contributed by atoms with Gasteiger partial charge < -0.3 is 9.84 Å². The van der Waals surface area contributed by atoms with Crippen LogP contribution in [0.3, 0.4) is 0 Å². The van der Waals surface area contributed by atoms with Gasteiger partial charge in [-0.2, -0.15) is 5.26 Å². The minimum absolute atomic E-state index is 0.181. The number of nitriles is 1. The normalized spacial score (nSPS) is 9.47. The van der Waals surface area contributed by atoms with Gasteiger partial charge in [-0.05, 0) is 11.6 Å². The molecule has 0 aliphatic rings. The molecule has 1 rings (SSSR count). The summed E-state index contributed by atoms with van der Waals surface area (Å²) >= 11 is 0. The Morgan fingerprint density at radius 3 is 2.71 bits per heavy atom. The second-order valence-electron chi connectivity index (χ2n) is 3.06. The Morgan fingerprint density at radius 2 is 2.29 bits per heavy atom. The highest BCUT2D eigenvalue weighted by Gasteiger charge is 2.26. The molecule has 7 nitrogen and oxygen atoms in total. The van der Waals surface area contributed by atoms with Crippen molar-refractivity contribution in [2.75, 3.05) is 7.11 Å². The third-order valence-electron chi connectivity index (χ3n) is 2.07. The van der Waals surface area contributed by atoms with Crippen LogP contribution in [0.2, 0.25) is 0 Å². The zero-order valence-corrected chi connectivity index (χ0v) is 8.84. The van der Waals surface area contributed by atoms with E-state index in [0.717, 1.165) is 13.2 Å². The molecule has 0 bridgehead atoms. The standard InChI is InChI=1S/C10H8N2O5/c1-17-10(14)9-7(4-11)2-6(5-13)3-8(9)12(15)16/h2-3,13H,5H2,1H3. The Labute approximate surface area is 96.0 Å². The first-order valence-corrected chi connectivity index (χ1v) is 4.45. The summed E-state index contributed by atoms with van der Waals surface area (Å²) in [5.74, 6) is -0.960. The van der Waals surface area contributed by atoms with Gasteiger partial charge in [0.25, 0.3) is 5.69 Å². The van der Waals surface area contributed by atoms with Gasteiger partial charge in [-0.15, -0.1) is 0 Å². The molecule has 0 atom stereocenters. The average molecular weight is 236 g/mol. The van der Waals surface area contributed by atoms with E-state index in [1.807, 2.05) is 0 Å². The first-order valence-electron chi connectivity index (χ1n) is 4.45. The van der Waals surface area contributed by atoms with Crippen LogP contribution >= 0.6 is 0 Å². The molecule has 1 aromatic carbocycles. The SMILES string of the molecule is COC(=O)c1c(C#N)cc(CO)cc1[N+](=O)[O-]. The van der Waals surface area contributed by atoms with Crippen molar-refractivity contribution in [3.05, 3.63) is 38.9 Å². The number of ether oxygens (including phenoxy) is 1. The van der Waals surface area contributed by atoms with E-state index >= 15 is 0 Å². The molecule has 0 heterocycles. The Morgan fingerprint density at radius 1 is 1.65 bits per heavy atom. The molecule has 0 aromatic heterocycles. The van der Waals surface area contributed by atoms with Crippen LogP contribution in [0.1, 0.15) is 21.5 Å². The number of nitro benzene ring substituents is 1. The summed E-state index contributed by atoms with van der Waals surface area (Å²) < 4.78 is 4.39. The first kappa shape index (κ1) is 12.6. The molecule has 0 aliphatic carbocycles. The second-order valence-corrected chi connectivity index (χ2v) is 3.06. The molecule has 0 fully saturated rings. The van der Waals surface area contributed by atoms with Crippen molar-refractivity contribution in [3.63, 3.8) is 0 Å². The Hall–Kier alpha value is -2.46. The second kappa shape index (κ2) is 5.05. The van der Waals surface area contributed by atoms with Crippen LogP contribution in [0.15, 0.2) is 12.1 Å². The predicted molar refractivity (Wildman–Crippen MR) is 55.1 cm³/mol. The number of aliphatic hydroxyl groups excluding tert-OH is 1. The quantitative estimate of drug-likeness (QED) is 0.470. The summed E-state index contributed by atoms with van der Waals surface area (Å²) in [5, 5.41) is 28.5. The van der Waals surface area contributed by atoms with Crippen LogP contribution in [-0.4, -0.2) is 23.1 Å². The van der Waals surface area contributed by atoms with Crippen molar-refractivity contribution in [1.29, 1.82) is 5.26 Å². The van der Waals surface area contributed by atoms with Crippen LogP contribution in [0.4, 0.5) is 5.69 Å². The molecule has 0 unspecified atom stereocenters. The van der Waals surface area contributed by atoms with Gasteiger partial charge >= 0.3 is 5.97 Å². The summed E-state index contributed by atoms with van der Waals surface area (Å²) in [6, 6.07) is 3.91. The molecule has 17 heavy (non-hydrogen) atoms. The largest absolute Gasteiger partial charge is 0.465 e. The summed E-state index contributed by atoms with van der Waals surface area (Å²) in [6.07, 6.45) is 0. The molecule has 88 valence electrons. The van der Waals surface area contributed by atoms with Crippen LogP contribution in [0, 0.1) is 21.4 Å². The molecule has 0 amide bonds. The van der Waals surface area contributed by atoms with Crippen molar-refractivity contribution >= 4 is 11.7 Å². The molecule has 0 radical (unpaired) electrons. The van der Waals surface area contributed by atoms with E-state index in [-0.39, 0.29) is 11.1 Å². The number of hydrogen-bond donors (Lipinski definition) is 1. The number of nitrogens with zero attached hydrogens (tertiary/aromatic N) is 2. The molecular formula is C10H8N2O5. The van der Waals surface area contributed by atoms with E-state index in [4.69, 9.17) is 10.4 Å². The van der Waals surface area contributed by atoms with Gasteiger partial charge in [0.15, 0.2) is 5.56 Å². The van der Waals surface area contributed by atoms with E-state index < -0.39 is 28.8 Å². The van der Waals surface area contributed by atoms with Gasteiger partial charge in [-0.3, -0.25) is 10.1 Å². The number of rotatable bonds is 3. The highest BCUT2D eigenvalue weighted by molar-refractivity contribution is 5.96. The van der Waals surface area contributed by atoms with Crippen molar-refractivity contribution in [1.82, 2.24) is 0 Å². The molecule has 1 aromatic rings. The van der Waals surface area contributed by atoms with Gasteiger partial charge in [-0.1, -0.05) is 0 Å². The number of nitro groups is 1. The first-order chi connectivity index (χ1) is 8.04.